The van der Waals surface area contributed by atoms with Crippen LogP contribution in [0.3, 0.4) is 0 Å². The van der Waals surface area contributed by atoms with Gasteiger partial charge in [0.05, 0.1) is 17.3 Å². The summed E-state index contributed by atoms with van der Waals surface area (Å²) in [5.41, 5.74) is 7.28. The molecule has 6 heteroatoms. The van der Waals surface area contributed by atoms with E-state index >= 15 is 0 Å². The van der Waals surface area contributed by atoms with Crippen molar-refractivity contribution >= 4 is 11.6 Å². The van der Waals surface area contributed by atoms with Crippen molar-refractivity contribution < 1.29 is 4.39 Å². The van der Waals surface area contributed by atoms with E-state index in [1.165, 1.54) is 6.07 Å². The van der Waals surface area contributed by atoms with Gasteiger partial charge in [0, 0.05) is 6.20 Å². The van der Waals surface area contributed by atoms with Crippen molar-refractivity contribution in [3.63, 3.8) is 0 Å². The van der Waals surface area contributed by atoms with Crippen LogP contribution < -0.4 is 5.73 Å². The number of nitrogens with zero attached hydrogens (tertiary/aromatic N) is 3. The fourth-order valence-corrected chi connectivity index (χ4v) is 2.01. The van der Waals surface area contributed by atoms with Gasteiger partial charge >= 0.3 is 0 Å². The lowest BCUT2D eigenvalue weighted by molar-refractivity contribution is 0.622. The molecule has 0 aliphatic carbocycles. The van der Waals surface area contributed by atoms with Crippen LogP contribution in [0, 0.1) is 5.82 Å². The minimum atomic E-state index is -0.411. The van der Waals surface area contributed by atoms with Crippen LogP contribution in [0.1, 0.15) is 24.1 Å². The summed E-state index contributed by atoms with van der Waals surface area (Å²) in [6.07, 6.45) is 4.77. The summed E-state index contributed by atoms with van der Waals surface area (Å²) in [5, 5.41) is 8.26. The van der Waals surface area contributed by atoms with Crippen LogP contribution in [0.5, 0.6) is 0 Å². The zero-order valence-electron chi connectivity index (χ0n) is 10.5. The molecule has 2 aromatic rings. The fraction of sp³-hybridized carbons (Fsp3) is 0.385. The van der Waals surface area contributed by atoms with E-state index in [0.717, 1.165) is 30.5 Å². The molecular formula is C13H16ClFN4. The minimum Gasteiger partial charge on any atom is -0.330 e. The second-order valence-corrected chi connectivity index (χ2v) is 4.81. The van der Waals surface area contributed by atoms with Crippen molar-refractivity contribution in [2.24, 2.45) is 5.73 Å². The zero-order valence-corrected chi connectivity index (χ0v) is 11.3. The third kappa shape index (κ3) is 4.01. The molecule has 1 aromatic carbocycles. The van der Waals surface area contributed by atoms with Crippen LogP contribution in [-0.2, 0) is 13.0 Å². The summed E-state index contributed by atoms with van der Waals surface area (Å²) < 4.78 is 14.8. The average molecular weight is 283 g/mol. The molecule has 0 spiro atoms. The maximum Gasteiger partial charge on any atom is 0.141 e. The molecule has 0 saturated heterocycles. The van der Waals surface area contributed by atoms with Crippen LogP contribution in [0.25, 0.3) is 0 Å². The average Bonchev–Trinajstić information content (AvgIpc) is 2.82. The molecule has 0 fully saturated rings. The standard InChI is InChI=1S/C13H16ClFN4/c14-12-7-10(4-5-13(12)15)8-19-9-11(17-18-19)3-1-2-6-16/h4-5,7,9H,1-3,6,8,16H2. The van der Waals surface area contributed by atoms with Crippen LogP contribution in [-0.4, -0.2) is 21.5 Å². The third-order valence-corrected chi connectivity index (χ3v) is 3.09. The van der Waals surface area contributed by atoms with E-state index in [-0.39, 0.29) is 5.02 Å². The summed E-state index contributed by atoms with van der Waals surface area (Å²) in [5.74, 6) is -0.411. The number of aryl methyl sites for hydroxylation is 1. The van der Waals surface area contributed by atoms with Gasteiger partial charge in [0.1, 0.15) is 5.82 Å². The molecule has 1 heterocycles. The lowest BCUT2D eigenvalue weighted by Gasteiger charge is -2.02. The maximum absolute atomic E-state index is 13.0. The molecule has 4 nitrogen and oxygen atoms in total. The predicted octanol–water partition coefficient (Wildman–Crippen LogP) is 2.40. The van der Waals surface area contributed by atoms with Crippen LogP contribution in [0.2, 0.25) is 5.02 Å². The van der Waals surface area contributed by atoms with Gasteiger partial charge in [0.25, 0.3) is 0 Å². The number of halogens is 2. The molecule has 102 valence electrons. The fourth-order valence-electron chi connectivity index (χ4n) is 1.81. The van der Waals surface area contributed by atoms with Gasteiger partial charge in [-0.25, -0.2) is 9.07 Å². The van der Waals surface area contributed by atoms with E-state index in [1.807, 2.05) is 6.20 Å². The van der Waals surface area contributed by atoms with E-state index in [4.69, 9.17) is 17.3 Å². The Morgan fingerprint density at radius 1 is 1.32 bits per heavy atom. The summed E-state index contributed by atoms with van der Waals surface area (Å²) in [6, 6.07) is 4.65. The number of hydrogen-bond acceptors (Lipinski definition) is 3. The van der Waals surface area contributed by atoms with Crippen molar-refractivity contribution in [2.45, 2.75) is 25.8 Å². The molecule has 0 saturated carbocycles. The molecular weight excluding hydrogens is 267 g/mol. The Balaban J connectivity index is 1.97. The summed E-state index contributed by atoms with van der Waals surface area (Å²) >= 11 is 5.74. The second-order valence-electron chi connectivity index (χ2n) is 4.40. The summed E-state index contributed by atoms with van der Waals surface area (Å²) in [6.45, 7) is 1.23. The Kier molecular flexibility index (Phi) is 4.87. The highest BCUT2D eigenvalue weighted by atomic mass is 35.5. The molecule has 2 N–H and O–H groups in total. The van der Waals surface area contributed by atoms with Crippen LogP contribution >= 0.6 is 11.6 Å². The lowest BCUT2D eigenvalue weighted by atomic mass is 10.2. The SMILES string of the molecule is NCCCCc1cn(Cc2ccc(F)c(Cl)c2)nn1. The van der Waals surface area contributed by atoms with E-state index < -0.39 is 5.82 Å². The number of unbranched alkanes of at least 4 members (excludes halogenated alkanes) is 1. The van der Waals surface area contributed by atoms with Crippen molar-refractivity contribution in [2.75, 3.05) is 6.54 Å². The highest BCUT2D eigenvalue weighted by Crippen LogP contribution is 2.16. The first-order valence-electron chi connectivity index (χ1n) is 6.22. The highest BCUT2D eigenvalue weighted by molar-refractivity contribution is 6.30. The second kappa shape index (κ2) is 6.63. The van der Waals surface area contributed by atoms with Gasteiger partial charge < -0.3 is 5.73 Å². The third-order valence-electron chi connectivity index (χ3n) is 2.80. The Bertz CT molecular complexity index is 541. The summed E-state index contributed by atoms with van der Waals surface area (Å²) in [7, 11) is 0. The molecule has 0 bridgehead atoms. The zero-order chi connectivity index (χ0) is 13.7. The lowest BCUT2D eigenvalue weighted by Crippen LogP contribution is -2.00. The maximum atomic E-state index is 13.0. The van der Waals surface area contributed by atoms with E-state index in [1.54, 1.807) is 16.8 Å². The first-order chi connectivity index (χ1) is 9.19. The number of aromatic nitrogens is 3. The molecule has 1 aromatic heterocycles. The van der Waals surface area contributed by atoms with E-state index in [9.17, 15) is 4.39 Å². The van der Waals surface area contributed by atoms with Gasteiger partial charge in [-0.2, -0.15) is 0 Å². The van der Waals surface area contributed by atoms with Crippen molar-refractivity contribution in [3.05, 3.63) is 46.5 Å². The monoisotopic (exact) mass is 282 g/mol. The molecule has 0 amide bonds. The van der Waals surface area contributed by atoms with Gasteiger partial charge in [-0.05, 0) is 43.5 Å². The summed E-state index contributed by atoms with van der Waals surface area (Å²) in [4.78, 5) is 0. The quantitative estimate of drug-likeness (QED) is 0.828. The van der Waals surface area contributed by atoms with Crippen LogP contribution in [0.4, 0.5) is 4.39 Å². The topological polar surface area (TPSA) is 56.7 Å². The van der Waals surface area contributed by atoms with Crippen molar-refractivity contribution in [1.29, 1.82) is 0 Å². The number of rotatable bonds is 6. The molecule has 0 aliphatic rings. The van der Waals surface area contributed by atoms with Gasteiger partial charge in [0.15, 0.2) is 0 Å². The molecule has 0 radical (unpaired) electrons. The smallest absolute Gasteiger partial charge is 0.141 e. The van der Waals surface area contributed by atoms with Gasteiger partial charge in [0.2, 0.25) is 0 Å². The van der Waals surface area contributed by atoms with Gasteiger partial charge in [-0.3, -0.25) is 0 Å². The molecule has 0 unspecified atom stereocenters. The van der Waals surface area contributed by atoms with Gasteiger partial charge in [-0.1, -0.05) is 22.9 Å². The Morgan fingerprint density at radius 3 is 2.89 bits per heavy atom. The largest absolute Gasteiger partial charge is 0.330 e. The van der Waals surface area contributed by atoms with Gasteiger partial charge in [-0.15, -0.1) is 5.10 Å². The van der Waals surface area contributed by atoms with Crippen LogP contribution in [0.15, 0.2) is 24.4 Å². The molecule has 0 atom stereocenters. The Labute approximate surface area is 116 Å². The molecule has 2 rings (SSSR count). The minimum absolute atomic E-state index is 0.126. The van der Waals surface area contributed by atoms with E-state index in [0.29, 0.717) is 13.1 Å². The molecule has 19 heavy (non-hydrogen) atoms. The highest BCUT2D eigenvalue weighted by Gasteiger charge is 2.04. The first kappa shape index (κ1) is 14.0. The Hall–Kier alpha value is -1.46. The predicted molar refractivity (Wildman–Crippen MR) is 72.5 cm³/mol. The Morgan fingerprint density at radius 2 is 2.16 bits per heavy atom. The normalized spacial score (nSPS) is 10.9. The number of benzene rings is 1. The molecule has 0 aliphatic heterocycles. The van der Waals surface area contributed by atoms with Crippen molar-refractivity contribution in [3.8, 4) is 0 Å². The number of nitrogens with two attached hydrogens (primary N) is 1. The van der Waals surface area contributed by atoms with E-state index in [2.05, 4.69) is 10.3 Å². The number of hydrogen-bond donors (Lipinski definition) is 1. The first-order valence-corrected chi connectivity index (χ1v) is 6.60. The van der Waals surface area contributed by atoms with Crippen molar-refractivity contribution in [1.82, 2.24) is 15.0 Å².